The third kappa shape index (κ3) is 5.62. The average molecular weight is 407 g/mol. The summed E-state index contributed by atoms with van der Waals surface area (Å²) in [7, 11) is 3.14. The molecule has 0 aliphatic carbocycles. The Morgan fingerprint density at radius 1 is 1.32 bits per heavy atom. The van der Waals surface area contributed by atoms with Gasteiger partial charge in [-0.1, -0.05) is 11.3 Å². The van der Waals surface area contributed by atoms with E-state index in [9.17, 15) is 9.59 Å². The van der Waals surface area contributed by atoms with Crippen LogP contribution in [0.3, 0.4) is 0 Å². The Morgan fingerprint density at radius 3 is 2.68 bits per heavy atom. The van der Waals surface area contributed by atoms with Crippen LogP contribution in [0.25, 0.3) is 0 Å². The zero-order chi connectivity index (χ0) is 20.5. The minimum Gasteiger partial charge on any atom is -0.488 e. The molecule has 2 heterocycles. The minimum absolute atomic E-state index is 0.0106. The predicted octanol–water partition coefficient (Wildman–Crippen LogP) is 1.35. The van der Waals surface area contributed by atoms with Crippen LogP contribution in [0.1, 0.15) is 17.5 Å². The third-order valence-corrected chi connectivity index (χ3v) is 4.06. The molecule has 0 aliphatic rings. The highest BCUT2D eigenvalue weighted by Crippen LogP contribution is 2.24. The monoisotopic (exact) mass is 407 g/mol. The number of likely N-dealkylation sites (N-methyl/N-ethyl adjacent to an activating group) is 1. The summed E-state index contributed by atoms with van der Waals surface area (Å²) in [5.41, 5.74) is 0.280. The second-order valence-electron chi connectivity index (χ2n) is 5.38. The normalized spacial score (nSPS) is 11.0. The first-order valence-corrected chi connectivity index (χ1v) is 9.00. The number of nitrogens with zero attached hydrogens (tertiary/aromatic N) is 2. The average Bonchev–Trinajstić information content (AvgIpc) is 3.08. The van der Waals surface area contributed by atoms with Gasteiger partial charge in [-0.15, -0.1) is 10.2 Å². The molecule has 2 aromatic heterocycles. The van der Waals surface area contributed by atoms with Gasteiger partial charge in [-0.25, -0.2) is 4.79 Å². The van der Waals surface area contributed by atoms with Gasteiger partial charge in [-0.3, -0.25) is 10.1 Å². The van der Waals surface area contributed by atoms with Crippen LogP contribution in [-0.4, -0.2) is 49.6 Å². The van der Waals surface area contributed by atoms with Crippen LogP contribution in [0.5, 0.6) is 5.75 Å². The Balaban J connectivity index is 2.15. The van der Waals surface area contributed by atoms with Crippen molar-refractivity contribution in [1.82, 2.24) is 15.5 Å². The maximum absolute atomic E-state index is 12.4. The fourth-order valence-electron chi connectivity index (χ4n) is 2.06. The zero-order valence-electron chi connectivity index (χ0n) is 15.6. The van der Waals surface area contributed by atoms with Crippen LogP contribution in [0, 0.1) is 5.41 Å². The van der Waals surface area contributed by atoms with E-state index in [0.717, 1.165) is 17.6 Å². The maximum atomic E-state index is 12.4. The SMILES string of the molecule is CNCCNc1cc(C(=O)Nc2nnc(N/C(C)=C\C=N)s2)oc(=O)c1OC. The van der Waals surface area contributed by atoms with Crippen LogP contribution in [0.15, 0.2) is 27.1 Å². The van der Waals surface area contributed by atoms with Crippen LogP contribution in [0.4, 0.5) is 16.0 Å². The largest absolute Gasteiger partial charge is 0.488 e. The van der Waals surface area contributed by atoms with Gasteiger partial charge in [-0.2, -0.15) is 0 Å². The fraction of sp³-hybridized carbons (Fsp3) is 0.312. The number of ether oxygens (including phenoxy) is 1. The van der Waals surface area contributed by atoms with E-state index in [4.69, 9.17) is 14.6 Å². The molecular weight excluding hydrogens is 386 g/mol. The standard InChI is InChI=1S/C16H21N7O4S/c1-9(4-5-17)20-15-22-23-16(28-15)21-13(24)11-8-10(19-7-6-18-2)12(26-3)14(25)27-11/h4-5,8,17-19H,6-7H2,1-3H3,(H,20,22)(H,21,23,24)/b9-4-,17-5?. The Bertz CT molecular complexity index is 922. The second-order valence-corrected chi connectivity index (χ2v) is 6.36. The number of anilines is 3. The van der Waals surface area contributed by atoms with Crippen molar-refractivity contribution >= 4 is 39.4 Å². The molecule has 2 rings (SSSR count). The molecule has 0 saturated heterocycles. The van der Waals surface area contributed by atoms with Gasteiger partial charge in [0.05, 0.1) is 12.8 Å². The molecule has 11 nitrogen and oxygen atoms in total. The molecule has 0 radical (unpaired) electrons. The number of nitrogens with one attached hydrogen (secondary N) is 5. The fourth-order valence-corrected chi connectivity index (χ4v) is 2.76. The molecule has 28 heavy (non-hydrogen) atoms. The summed E-state index contributed by atoms with van der Waals surface area (Å²) in [6, 6.07) is 1.39. The lowest BCUT2D eigenvalue weighted by Crippen LogP contribution is -2.21. The molecule has 5 N–H and O–H groups in total. The van der Waals surface area contributed by atoms with Crippen molar-refractivity contribution in [3.63, 3.8) is 0 Å². The van der Waals surface area contributed by atoms with Crippen LogP contribution < -0.4 is 31.6 Å². The summed E-state index contributed by atoms with van der Waals surface area (Å²) in [4.78, 5) is 24.5. The first-order chi connectivity index (χ1) is 13.5. The first-order valence-electron chi connectivity index (χ1n) is 8.18. The number of carbonyl (C=O) groups excluding carboxylic acids is 1. The molecule has 0 bridgehead atoms. The topological polar surface area (TPSA) is 154 Å². The molecular formula is C16H21N7O4S. The van der Waals surface area contributed by atoms with Gasteiger partial charge in [0.2, 0.25) is 16.0 Å². The van der Waals surface area contributed by atoms with E-state index in [0.29, 0.717) is 29.6 Å². The van der Waals surface area contributed by atoms with Crippen molar-refractivity contribution in [2.75, 3.05) is 43.2 Å². The highest BCUT2D eigenvalue weighted by atomic mass is 32.1. The second kappa shape index (κ2) is 10.2. The Hall–Kier alpha value is -3.25. The molecule has 12 heteroatoms. The van der Waals surface area contributed by atoms with Gasteiger partial charge >= 0.3 is 5.63 Å². The smallest absolute Gasteiger partial charge is 0.381 e. The van der Waals surface area contributed by atoms with Crippen LogP contribution >= 0.6 is 11.3 Å². The van der Waals surface area contributed by atoms with Crippen molar-refractivity contribution in [2.24, 2.45) is 0 Å². The van der Waals surface area contributed by atoms with Crippen molar-refractivity contribution in [2.45, 2.75) is 6.92 Å². The number of rotatable bonds is 10. The highest BCUT2D eigenvalue weighted by Gasteiger charge is 2.18. The van der Waals surface area contributed by atoms with Gasteiger partial charge in [0.25, 0.3) is 5.91 Å². The number of hydrogen-bond acceptors (Lipinski definition) is 11. The van der Waals surface area contributed by atoms with Gasteiger partial charge in [0.15, 0.2) is 5.76 Å². The lowest BCUT2D eigenvalue weighted by molar-refractivity contribution is 0.0991. The van der Waals surface area contributed by atoms with Crippen molar-refractivity contribution in [1.29, 1.82) is 5.41 Å². The quantitative estimate of drug-likeness (QED) is 0.290. The van der Waals surface area contributed by atoms with E-state index < -0.39 is 11.5 Å². The minimum atomic E-state index is -0.769. The lowest BCUT2D eigenvalue weighted by atomic mass is 10.3. The van der Waals surface area contributed by atoms with Crippen molar-refractivity contribution in [3.8, 4) is 5.75 Å². The molecule has 0 aliphatic heterocycles. The van der Waals surface area contributed by atoms with Crippen molar-refractivity contribution < 1.29 is 13.9 Å². The highest BCUT2D eigenvalue weighted by molar-refractivity contribution is 7.19. The summed E-state index contributed by atoms with van der Waals surface area (Å²) in [6.07, 6.45) is 2.69. The van der Waals surface area contributed by atoms with Crippen molar-refractivity contribution in [3.05, 3.63) is 34.0 Å². The van der Waals surface area contributed by atoms with Crippen LogP contribution in [0.2, 0.25) is 0 Å². The van der Waals surface area contributed by atoms with E-state index in [-0.39, 0.29) is 16.6 Å². The molecule has 0 unspecified atom stereocenters. The van der Waals surface area contributed by atoms with E-state index in [1.807, 2.05) is 0 Å². The Kier molecular flexibility index (Phi) is 7.65. The number of allylic oxidation sites excluding steroid dienone is 2. The molecule has 0 saturated carbocycles. The first kappa shape index (κ1) is 21.1. The third-order valence-electron chi connectivity index (χ3n) is 3.31. The summed E-state index contributed by atoms with van der Waals surface area (Å²) in [5, 5.41) is 26.9. The van der Waals surface area contributed by atoms with E-state index in [2.05, 4.69) is 31.5 Å². The van der Waals surface area contributed by atoms with Gasteiger partial charge < -0.3 is 30.5 Å². The van der Waals surface area contributed by atoms with Crippen LogP contribution in [-0.2, 0) is 0 Å². The molecule has 0 fully saturated rings. The van der Waals surface area contributed by atoms with Gasteiger partial charge in [-0.05, 0) is 20.0 Å². The summed E-state index contributed by atoms with van der Waals surface area (Å²) in [6.45, 7) is 2.93. The van der Waals surface area contributed by atoms with E-state index in [1.165, 1.54) is 13.2 Å². The number of methoxy groups -OCH3 is 1. The molecule has 0 spiro atoms. The Labute approximate surface area is 164 Å². The van der Waals surface area contributed by atoms with E-state index in [1.54, 1.807) is 20.0 Å². The zero-order valence-corrected chi connectivity index (χ0v) is 16.4. The molecule has 2 aromatic rings. The van der Waals surface area contributed by atoms with E-state index >= 15 is 0 Å². The molecule has 1 amide bonds. The number of amides is 1. The van der Waals surface area contributed by atoms with Gasteiger partial charge in [0, 0.05) is 31.1 Å². The summed E-state index contributed by atoms with van der Waals surface area (Å²) in [5.74, 6) is -0.850. The predicted molar refractivity (Wildman–Crippen MR) is 108 cm³/mol. The maximum Gasteiger partial charge on any atom is 0.381 e. The molecule has 0 atom stereocenters. The number of hydrogen-bond donors (Lipinski definition) is 5. The molecule has 0 aromatic carbocycles. The number of aromatic nitrogens is 2. The number of carbonyl (C=O) groups is 1. The summed E-state index contributed by atoms with van der Waals surface area (Å²) < 4.78 is 10.1. The van der Waals surface area contributed by atoms with Gasteiger partial charge in [0.1, 0.15) is 0 Å². The Morgan fingerprint density at radius 2 is 2.04 bits per heavy atom. The molecule has 150 valence electrons. The summed E-state index contributed by atoms with van der Waals surface area (Å²) >= 11 is 1.09. The lowest BCUT2D eigenvalue weighted by Gasteiger charge is -2.10.